The Morgan fingerprint density at radius 3 is 2.37 bits per heavy atom. The Hall–Kier alpha value is -1.46. The quantitative estimate of drug-likeness (QED) is 0.834. The monoisotopic (exact) mass is 307 g/mol. The fourth-order valence-corrected chi connectivity index (χ4v) is 1.94. The second-order valence-electron chi connectivity index (χ2n) is 3.75. The molecule has 0 amide bonds. The van der Waals surface area contributed by atoms with Crippen LogP contribution < -0.4 is 5.56 Å². The first-order valence-electron chi connectivity index (χ1n) is 5.04. The van der Waals surface area contributed by atoms with E-state index in [2.05, 4.69) is 0 Å². The zero-order valence-electron chi connectivity index (χ0n) is 9.18. The fraction of sp³-hybridized carbons (Fsp3) is 0.0833. The number of aromatic nitrogens is 1. The van der Waals surface area contributed by atoms with E-state index in [0.29, 0.717) is 6.20 Å². The van der Waals surface area contributed by atoms with Crippen LogP contribution in [0.5, 0.6) is 0 Å². The molecule has 2 nitrogen and oxygen atoms in total. The highest BCUT2D eigenvalue weighted by atomic mass is 35.5. The minimum absolute atomic E-state index is 0.147. The first-order chi connectivity index (χ1) is 8.79. The Balaban J connectivity index is 2.68. The third kappa shape index (κ3) is 2.93. The molecule has 1 N–H and O–H groups in total. The van der Waals surface area contributed by atoms with Crippen LogP contribution in [0.25, 0.3) is 11.1 Å². The molecule has 0 atom stereocenters. The summed E-state index contributed by atoms with van der Waals surface area (Å²) in [5.74, 6) is 0. The lowest BCUT2D eigenvalue weighted by atomic mass is 10.1. The van der Waals surface area contributed by atoms with Crippen LogP contribution >= 0.6 is 23.2 Å². The van der Waals surface area contributed by atoms with Crippen LogP contribution in [-0.2, 0) is 6.18 Å². The third-order valence-electron chi connectivity index (χ3n) is 2.45. The summed E-state index contributed by atoms with van der Waals surface area (Å²) in [6, 6.07) is 4.99. The van der Waals surface area contributed by atoms with Gasteiger partial charge in [-0.3, -0.25) is 4.79 Å². The number of hydrogen-bond donors (Lipinski definition) is 1. The van der Waals surface area contributed by atoms with Gasteiger partial charge in [-0.2, -0.15) is 13.2 Å². The second kappa shape index (κ2) is 4.90. The lowest BCUT2D eigenvalue weighted by Crippen LogP contribution is -2.14. The first kappa shape index (κ1) is 14.0. The number of rotatable bonds is 1. The molecule has 1 heterocycles. The Labute approximate surface area is 115 Å². The highest BCUT2D eigenvalue weighted by Gasteiger charge is 2.31. The zero-order valence-corrected chi connectivity index (χ0v) is 10.7. The van der Waals surface area contributed by atoms with Crippen molar-refractivity contribution >= 4 is 23.2 Å². The van der Waals surface area contributed by atoms with E-state index in [1.807, 2.05) is 4.98 Å². The maximum atomic E-state index is 12.6. The SMILES string of the molecule is O=c1[nH]cc(C(F)(F)F)cc1-c1cc(Cl)ccc1Cl. The number of hydrogen-bond acceptors (Lipinski definition) is 1. The van der Waals surface area contributed by atoms with Crippen molar-refractivity contribution in [1.29, 1.82) is 0 Å². The van der Waals surface area contributed by atoms with Crippen molar-refractivity contribution in [2.24, 2.45) is 0 Å². The zero-order chi connectivity index (χ0) is 14.2. The van der Waals surface area contributed by atoms with Crippen LogP contribution in [0, 0.1) is 0 Å². The van der Waals surface area contributed by atoms with Crippen molar-refractivity contribution in [2.75, 3.05) is 0 Å². The molecule has 100 valence electrons. The number of alkyl halides is 3. The molecule has 0 saturated heterocycles. The topological polar surface area (TPSA) is 32.9 Å². The van der Waals surface area contributed by atoms with Crippen molar-refractivity contribution < 1.29 is 13.2 Å². The van der Waals surface area contributed by atoms with Gasteiger partial charge in [-0.15, -0.1) is 0 Å². The molecule has 0 aliphatic rings. The number of halogens is 5. The summed E-state index contributed by atoms with van der Waals surface area (Å²) >= 11 is 11.6. The lowest BCUT2D eigenvalue weighted by molar-refractivity contribution is -0.137. The third-order valence-corrected chi connectivity index (χ3v) is 3.01. The molecule has 0 fully saturated rings. The molecule has 0 saturated carbocycles. The molecule has 0 aliphatic heterocycles. The average Bonchev–Trinajstić information content (AvgIpc) is 2.32. The van der Waals surface area contributed by atoms with Crippen molar-refractivity contribution in [3.63, 3.8) is 0 Å². The molecule has 1 aromatic heterocycles. The maximum Gasteiger partial charge on any atom is 0.417 e. The Kier molecular flexibility index (Phi) is 3.60. The van der Waals surface area contributed by atoms with E-state index in [-0.39, 0.29) is 21.2 Å². The van der Waals surface area contributed by atoms with E-state index in [0.717, 1.165) is 6.07 Å². The van der Waals surface area contributed by atoms with Gasteiger partial charge in [0, 0.05) is 27.4 Å². The molecule has 19 heavy (non-hydrogen) atoms. The summed E-state index contributed by atoms with van der Waals surface area (Å²) in [5, 5.41) is 0.422. The maximum absolute atomic E-state index is 12.6. The van der Waals surface area contributed by atoms with Gasteiger partial charge in [-0.05, 0) is 24.3 Å². The summed E-state index contributed by atoms with van der Waals surface area (Å²) in [6.07, 6.45) is -3.94. The summed E-state index contributed by atoms with van der Waals surface area (Å²) in [7, 11) is 0. The Morgan fingerprint density at radius 2 is 1.74 bits per heavy atom. The van der Waals surface area contributed by atoms with Gasteiger partial charge in [0.1, 0.15) is 0 Å². The normalized spacial score (nSPS) is 11.6. The number of pyridine rings is 1. The summed E-state index contributed by atoms with van der Waals surface area (Å²) < 4.78 is 37.8. The van der Waals surface area contributed by atoms with Gasteiger partial charge in [0.15, 0.2) is 0 Å². The Morgan fingerprint density at radius 1 is 1.05 bits per heavy atom. The molecular formula is C12H6Cl2F3NO. The molecule has 0 unspecified atom stereocenters. The van der Waals surface area contributed by atoms with Crippen molar-refractivity contribution in [2.45, 2.75) is 6.18 Å². The van der Waals surface area contributed by atoms with Gasteiger partial charge < -0.3 is 4.98 Å². The van der Waals surface area contributed by atoms with Gasteiger partial charge in [-0.1, -0.05) is 23.2 Å². The minimum Gasteiger partial charge on any atom is -0.328 e. The number of aromatic amines is 1. The number of nitrogens with one attached hydrogen (secondary N) is 1. The van der Waals surface area contributed by atoms with Crippen LogP contribution in [0.15, 0.2) is 35.3 Å². The number of H-pyrrole nitrogens is 1. The molecule has 1 aromatic carbocycles. The average molecular weight is 308 g/mol. The van der Waals surface area contributed by atoms with Crippen molar-refractivity contribution in [3.8, 4) is 11.1 Å². The van der Waals surface area contributed by atoms with Crippen LogP contribution in [0.1, 0.15) is 5.56 Å². The highest BCUT2D eigenvalue weighted by molar-refractivity contribution is 6.35. The summed E-state index contributed by atoms with van der Waals surface area (Å²) in [4.78, 5) is 13.7. The lowest BCUT2D eigenvalue weighted by Gasteiger charge is -2.09. The van der Waals surface area contributed by atoms with Crippen LogP contribution in [0.2, 0.25) is 10.0 Å². The van der Waals surface area contributed by atoms with Crippen molar-refractivity contribution in [3.05, 3.63) is 56.4 Å². The van der Waals surface area contributed by atoms with Crippen molar-refractivity contribution in [1.82, 2.24) is 4.98 Å². The first-order valence-corrected chi connectivity index (χ1v) is 5.80. The van der Waals surface area contributed by atoms with Gasteiger partial charge in [0.2, 0.25) is 0 Å². The fourth-order valence-electron chi connectivity index (χ4n) is 1.55. The molecule has 0 radical (unpaired) electrons. The molecule has 7 heteroatoms. The Bertz CT molecular complexity index is 679. The van der Waals surface area contributed by atoms with Gasteiger partial charge in [0.25, 0.3) is 5.56 Å². The molecule has 0 spiro atoms. The highest BCUT2D eigenvalue weighted by Crippen LogP contribution is 2.33. The predicted molar refractivity (Wildman–Crippen MR) is 67.5 cm³/mol. The van der Waals surface area contributed by atoms with E-state index < -0.39 is 17.3 Å². The molecule has 2 rings (SSSR count). The molecule has 0 aliphatic carbocycles. The van der Waals surface area contributed by atoms with E-state index in [9.17, 15) is 18.0 Å². The van der Waals surface area contributed by atoms with E-state index in [1.165, 1.54) is 18.2 Å². The molecule has 2 aromatic rings. The van der Waals surface area contributed by atoms with E-state index >= 15 is 0 Å². The molecule has 0 bridgehead atoms. The number of benzene rings is 1. The summed E-state index contributed by atoms with van der Waals surface area (Å²) in [6.45, 7) is 0. The van der Waals surface area contributed by atoms with Crippen LogP contribution in [-0.4, -0.2) is 4.98 Å². The van der Waals surface area contributed by atoms with E-state index in [4.69, 9.17) is 23.2 Å². The smallest absolute Gasteiger partial charge is 0.328 e. The standard InChI is InChI=1S/C12H6Cl2F3NO/c13-7-1-2-10(14)8(4-7)9-3-6(12(15,16)17)5-18-11(9)19/h1-5H,(H,18,19). The van der Waals surface area contributed by atoms with Gasteiger partial charge >= 0.3 is 6.18 Å². The van der Waals surface area contributed by atoms with E-state index in [1.54, 1.807) is 0 Å². The van der Waals surface area contributed by atoms with Crippen LogP contribution in [0.4, 0.5) is 13.2 Å². The minimum atomic E-state index is -4.55. The van der Waals surface area contributed by atoms with Gasteiger partial charge in [-0.25, -0.2) is 0 Å². The van der Waals surface area contributed by atoms with Crippen LogP contribution in [0.3, 0.4) is 0 Å². The predicted octanol–water partition coefficient (Wildman–Crippen LogP) is 4.37. The molecular weight excluding hydrogens is 302 g/mol. The second-order valence-corrected chi connectivity index (χ2v) is 4.60. The van der Waals surface area contributed by atoms with Gasteiger partial charge in [0.05, 0.1) is 5.56 Å². The largest absolute Gasteiger partial charge is 0.417 e. The summed E-state index contributed by atoms with van der Waals surface area (Å²) in [5.41, 5.74) is -1.65.